The number of nitrogen functional groups attached to an aromatic ring is 1. The predicted octanol–water partition coefficient (Wildman–Crippen LogP) is 3.33. The van der Waals surface area contributed by atoms with Crippen molar-refractivity contribution in [1.82, 2.24) is 0 Å². The summed E-state index contributed by atoms with van der Waals surface area (Å²) in [4.78, 5) is 0. The third kappa shape index (κ3) is 3.17. The van der Waals surface area contributed by atoms with E-state index in [9.17, 15) is 0 Å². The molecule has 0 aliphatic carbocycles. The van der Waals surface area contributed by atoms with Crippen molar-refractivity contribution in [2.24, 2.45) is 0 Å². The highest BCUT2D eigenvalue weighted by Gasteiger charge is 2.06. The van der Waals surface area contributed by atoms with Crippen LogP contribution in [0.15, 0.2) is 42.5 Å². The molecule has 0 spiro atoms. The van der Waals surface area contributed by atoms with Crippen molar-refractivity contribution in [3.63, 3.8) is 0 Å². The number of hydrogen-bond acceptors (Lipinski definition) is 4. The molecule has 0 amide bonds. The molecule has 0 fully saturated rings. The summed E-state index contributed by atoms with van der Waals surface area (Å²) in [6.45, 7) is 2.51. The van der Waals surface area contributed by atoms with Gasteiger partial charge in [-0.1, -0.05) is 6.07 Å². The molecule has 0 bridgehead atoms. The number of nitriles is 1. The Morgan fingerprint density at radius 2 is 1.95 bits per heavy atom. The van der Waals surface area contributed by atoms with Crippen LogP contribution in [0.4, 0.5) is 5.69 Å². The lowest BCUT2D eigenvalue weighted by Crippen LogP contribution is -1.93. The van der Waals surface area contributed by atoms with Gasteiger partial charge in [0.05, 0.1) is 12.2 Å². The zero-order valence-electron chi connectivity index (χ0n) is 10.6. The van der Waals surface area contributed by atoms with Crippen LogP contribution in [0, 0.1) is 11.3 Å². The van der Waals surface area contributed by atoms with E-state index in [0.29, 0.717) is 29.4 Å². The van der Waals surface area contributed by atoms with Gasteiger partial charge in [0.2, 0.25) is 0 Å². The Morgan fingerprint density at radius 1 is 1.16 bits per heavy atom. The van der Waals surface area contributed by atoms with Crippen molar-refractivity contribution < 1.29 is 9.47 Å². The molecule has 0 saturated carbocycles. The molecular formula is C15H14N2O2. The number of benzene rings is 2. The zero-order chi connectivity index (χ0) is 13.7. The smallest absolute Gasteiger partial charge is 0.145 e. The summed E-state index contributed by atoms with van der Waals surface area (Å²) < 4.78 is 11.1. The van der Waals surface area contributed by atoms with Crippen molar-refractivity contribution >= 4 is 5.69 Å². The normalized spacial score (nSPS) is 9.68. The Labute approximate surface area is 112 Å². The minimum atomic E-state index is 0.404. The van der Waals surface area contributed by atoms with Crippen LogP contribution < -0.4 is 15.2 Å². The van der Waals surface area contributed by atoms with Gasteiger partial charge in [0, 0.05) is 11.8 Å². The summed E-state index contributed by atoms with van der Waals surface area (Å²) in [7, 11) is 0. The monoisotopic (exact) mass is 254 g/mol. The second kappa shape index (κ2) is 5.78. The highest BCUT2D eigenvalue weighted by molar-refractivity contribution is 5.54. The first-order chi connectivity index (χ1) is 9.22. The molecule has 2 aromatic carbocycles. The van der Waals surface area contributed by atoms with E-state index in [1.165, 1.54) is 0 Å². The number of hydrogen-bond donors (Lipinski definition) is 1. The standard InChI is InChI=1S/C15H14N2O2/c1-2-18-13-4-3-5-14(9-13)19-15-7-6-12(17)8-11(15)10-16/h3-9H,2,17H2,1H3. The van der Waals surface area contributed by atoms with E-state index in [4.69, 9.17) is 20.5 Å². The van der Waals surface area contributed by atoms with Gasteiger partial charge in [-0.05, 0) is 37.3 Å². The van der Waals surface area contributed by atoms with E-state index in [0.717, 1.165) is 5.75 Å². The predicted molar refractivity (Wildman–Crippen MR) is 73.3 cm³/mol. The summed E-state index contributed by atoms with van der Waals surface area (Å²) >= 11 is 0. The number of anilines is 1. The fourth-order valence-electron chi connectivity index (χ4n) is 1.65. The lowest BCUT2D eigenvalue weighted by molar-refractivity contribution is 0.338. The van der Waals surface area contributed by atoms with Gasteiger partial charge in [-0.15, -0.1) is 0 Å². The van der Waals surface area contributed by atoms with Gasteiger partial charge in [-0.2, -0.15) is 5.26 Å². The van der Waals surface area contributed by atoms with Crippen molar-refractivity contribution in [2.45, 2.75) is 6.92 Å². The SMILES string of the molecule is CCOc1cccc(Oc2ccc(N)cc2C#N)c1. The number of nitrogens with two attached hydrogens (primary N) is 1. The van der Waals surface area contributed by atoms with E-state index < -0.39 is 0 Å². The molecule has 4 heteroatoms. The second-order valence-corrected chi connectivity index (χ2v) is 3.88. The van der Waals surface area contributed by atoms with Crippen molar-refractivity contribution in [1.29, 1.82) is 5.26 Å². The summed E-state index contributed by atoms with van der Waals surface area (Å²) in [5.41, 5.74) is 6.57. The van der Waals surface area contributed by atoms with Gasteiger partial charge in [0.1, 0.15) is 23.3 Å². The van der Waals surface area contributed by atoms with Gasteiger partial charge in [0.25, 0.3) is 0 Å². The Morgan fingerprint density at radius 3 is 2.68 bits per heavy atom. The third-order valence-electron chi connectivity index (χ3n) is 2.47. The van der Waals surface area contributed by atoms with Gasteiger partial charge in [-0.25, -0.2) is 0 Å². The number of rotatable bonds is 4. The fraction of sp³-hybridized carbons (Fsp3) is 0.133. The Bertz CT molecular complexity index is 618. The maximum atomic E-state index is 9.05. The summed E-state index contributed by atoms with van der Waals surface area (Å²) in [5.74, 6) is 1.83. The van der Waals surface area contributed by atoms with E-state index in [1.807, 2.05) is 19.1 Å². The Kier molecular flexibility index (Phi) is 3.89. The van der Waals surface area contributed by atoms with Crippen LogP contribution in [0.2, 0.25) is 0 Å². The molecule has 0 atom stereocenters. The highest BCUT2D eigenvalue weighted by atomic mass is 16.5. The molecule has 4 nitrogen and oxygen atoms in total. The van der Waals surface area contributed by atoms with Gasteiger partial charge >= 0.3 is 0 Å². The van der Waals surface area contributed by atoms with Crippen LogP contribution in [0.3, 0.4) is 0 Å². The van der Waals surface area contributed by atoms with Crippen LogP contribution in [0.5, 0.6) is 17.2 Å². The maximum absolute atomic E-state index is 9.05. The lowest BCUT2D eigenvalue weighted by Gasteiger charge is -2.09. The van der Waals surface area contributed by atoms with Crippen LogP contribution in [0.25, 0.3) is 0 Å². The molecule has 0 unspecified atom stereocenters. The molecule has 0 radical (unpaired) electrons. The Hall–Kier alpha value is -2.67. The first-order valence-corrected chi connectivity index (χ1v) is 5.93. The first kappa shape index (κ1) is 12.8. The van der Waals surface area contributed by atoms with E-state index in [1.54, 1.807) is 30.3 Å². The molecule has 2 N–H and O–H groups in total. The molecule has 0 saturated heterocycles. The summed E-state index contributed by atoms with van der Waals surface area (Å²) in [6, 6.07) is 14.3. The van der Waals surface area contributed by atoms with E-state index in [2.05, 4.69) is 6.07 Å². The molecule has 19 heavy (non-hydrogen) atoms. The minimum Gasteiger partial charge on any atom is -0.494 e. The van der Waals surface area contributed by atoms with Crippen LogP contribution in [-0.2, 0) is 0 Å². The van der Waals surface area contributed by atoms with Crippen LogP contribution in [0.1, 0.15) is 12.5 Å². The molecule has 2 rings (SSSR count). The van der Waals surface area contributed by atoms with Crippen molar-refractivity contribution in [2.75, 3.05) is 12.3 Å². The fourth-order valence-corrected chi connectivity index (χ4v) is 1.65. The van der Waals surface area contributed by atoms with Crippen molar-refractivity contribution in [3.05, 3.63) is 48.0 Å². The Balaban J connectivity index is 2.26. The average Bonchev–Trinajstić information content (AvgIpc) is 2.41. The molecule has 0 aromatic heterocycles. The number of nitrogens with zero attached hydrogens (tertiary/aromatic N) is 1. The van der Waals surface area contributed by atoms with Gasteiger partial charge in [-0.3, -0.25) is 0 Å². The lowest BCUT2D eigenvalue weighted by atomic mass is 10.2. The summed E-state index contributed by atoms with van der Waals surface area (Å²) in [5, 5.41) is 9.05. The molecule has 0 heterocycles. The zero-order valence-corrected chi connectivity index (χ0v) is 10.6. The minimum absolute atomic E-state index is 0.404. The van der Waals surface area contributed by atoms with E-state index in [-0.39, 0.29) is 0 Å². The maximum Gasteiger partial charge on any atom is 0.145 e. The van der Waals surface area contributed by atoms with Crippen LogP contribution in [-0.4, -0.2) is 6.61 Å². The molecule has 0 aliphatic heterocycles. The van der Waals surface area contributed by atoms with Crippen molar-refractivity contribution in [3.8, 4) is 23.3 Å². The third-order valence-corrected chi connectivity index (χ3v) is 2.47. The highest BCUT2D eigenvalue weighted by Crippen LogP contribution is 2.28. The van der Waals surface area contributed by atoms with Gasteiger partial charge in [0.15, 0.2) is 0 Å². The van der Waals surface area contributed by atoms with Crippen LogP contribution >= 0.6 is 0 Å². The second-order valence-electron chi connectivity index (χ2n) is 3.88. The molecule has 96 valence electrons. The summed E-state index contributed by atoms with van der Waals surface area (Å²) in [6.07, 6.45) is 0. The quantitative estimate of drug-likeness (QED) is 0.850. The topological polar surface area (TPSA) is 68.3 Å². The first-order valence-electron chi connectivity index (χ1n) is 5.93. The average molecular weight is 254 g/mol. The molecular weight excluding hydrogens is 240 g/mol. The number of ether oxygens (including phenoxy) is 2. The largest absolute Gasteiger partial charge is 0.494 e. The van der Waals surface area contributed by atoms with E-state index >= 15 is 0 Å². The van der Waals surface area contributed by atoms with Gasteiger partial charge < -0.3 is 15.2 Å². The molecule has 2 aromatic rings. The molecule has 0 aliphatic rings.